The van der Waals surface area contributed by atoms with E-state index < -0.39 is 21.9 Å². The molecule has 8 heteroatoms. The highest BCUT2D eigenvalue weighted by atomic mass is 32.2. The maximum absolute atomic E-state index is 13.3. The summed E-state index contributed by atoms with van der Waals surface area (Å²) in [6, 6.07) is 12.0. The molecule has 1 N–H and O–H groups in total. The molecule has 2 fully saturated rings. The quantitative estimate of drug-likeness (QED) is 0.723. The van der Waals surface area contributed by atoms with Crippen molar-refractivity contribution >= 4 is 33.2 Å². The summed E-state index contributed by atoms with van der Waals surface area (Å²) >= 11 is 0. The van der Waals surface area contributed by atoms with Gasteiger partial charge in [-0.1, -0.05) is 25.1 Å². The minimum atomic E-state index is -3.29. The first-order valence-corrected chi connectivity index (χ1v) is 12.3. The van der Waals surface area contributed by atoms with Crippen molar-refractivity contribution < 1.29 is 18.0 Å². The molecular weight excluding hydrogens is 414 g/mol. The van der Waals surface area contributed by atoms with Gasteiger partial charge in [-0.15, -0.1) is 0 Å². The van der Waals surface area contributed by atoms with Crippen molar-refractivity contribution in [1.82, 2.24) is 4.90 Å². The molecule has 2 saturated heterocycles. The molecule has 3 amide bonds. The van der Waals surface area contributed by atoms with E-state index in [0.717, 1.165) is 23.1 Å². The fourth-order valence-electron chi connectivity index (χ4n) is 4.56. The average molecular weight is 442 g/mol. The van der Waals surface area contributed by atoms with E-state index >= 15 is 0 Å². The Morgan fingerprint density at radius 1 is 1.03 bits per heavy atom. The molecule has 31 heavy (non-hydrogen) atoms. The molecule has 0 bridgehead atoms. The van der Waals surface area contributed by atoms with Gasteiger partial charge in [0.15, 0.2) is 9.84 Å². The van der Waals surface area contributed by atoms with Crippen LogP contribution in [0.25, 0.3) is 0 Å². The molecule has 2 aromatic carbocycles. The zero-order valence-electron chi connectivity index (χ0n) is 18.0. The van der Waals surface area contributed by atoms with Gasteiger partial charge in [0.05, 0.1) is 23.6 Å². The maximum atomic E-state index is 13.3. The molecule has 2 aliphatic rings. The van der Waals surface area contributed by atoms with E-state index in [9.17, 15) is 18.0 Å². The fourth-order valence-corrected chi connectivity index (χ4v) is 6.51. The Labute approximate surface area is 183 Å². The SMILES string of the molecule is CCc1ccc(N2C(=O)N(CC(=O)Nc3cc(C)cc(C)c3)[C@H]3CS(=O)(=O)C[C@@H]32)cc1. The van der Waals surface area contributed by atoms with Crippen molar-refractivity contribution in [2.24, 2.45) is 0 Å². The van der Waals surface area contributed by atoms with Crippen LogP contribution < -0.4 is 10.2 Å². The minimum Gasteiger partial charge on any atom is -0.325 e. The molecule has 0 saturated carbocycles. The largest absolute Gasteiger partial charge is 0.325 e. The number of carbonyl (C=O) groups is 2. The normalized spacial score (nSPS) is 22.0. The molecular formula is C23H27N3O4S. The number of rotatable bonds is 5. The second-order valence-electron chi connectivity index (χ2n) is 8.44. The number of nitrogens with zero attached hydrogens (tertiary/aromatic N) is 2. The fraction of sp³-hybridized carbons (Fsp3) is 0.391. The van der Waals surface area contributed by atoms with Gasteiger partial charge in [-0.2, -0.15) is 0 Å². The number of hydrogen-bond acceptors (Lipinski definition) is 4. The van der Waals surface area contributed by atoms with Crippen LogP contribution in [0.15, 0.2) is 42.5 Å². The summed E-state index contributed by atoms with van der Waals surface area (Å²) in [5, 5.41) is 2.84. The number of hydrogen-bond donors (Lipinski definition) is 1. The Morgan fingerprint density at radius 3 is 2.26 bits per heavy atom. The highest BCUT2D eigenvalue weighted by Crippen LogP contribution is 2.35. The van der Waals surface area contributed by atoms with Gasteiger partial charge in [-0.05, 0) is 61.2 Å². The zero-order valence-corrected chi connectivity index (χ0v) is 18.8. The molecule has 4 rings (SSSR count). The summed E-state index contributed by atoms with van der Waals surface area (Å²) in [6.45, 7) is 5.75. The van der Waals surface area contributed by atoms with Crippen molar-refractivity contribution in [2.45, 2.75) is 39.3 Å². The zero-order chi connectivity index (χ0) is 22.3. The molecule has 2 aromatic rings. The van der Waals surface area contributed by atoms with Crippen molar-refractivity contribution in [3.05, 3.63) is 59.2 Å². The number of anilines is 2. The van der Waals surface area contributed by atoms with Crippen LogP contribution in [0.4, 0.5) is 16.2 Å². The van der Waals surface area contributed by atoms with Crippen molar-refractivity contribution in [2.75, 3.05) is 28.3 Å². The summed E-state index contributed by atoms with van der Waals surface area (Å²) in [4.78, 5) is 28.9. The van der Waals surface area contributed by atoms with Crippen LogP contribution in [-0.4, -0.2) is 55.4 Å². The third-order valence-electron chi connectivity index (χ3n) is 5.92. The molecule has 0 unspecified atom stereocenters. The van der Waals surface area contributed by atoms with Gasteiger partial charge in [0.1, 0.15) is 6.54 Å². The molecule has 2 aliphatic heterocycles. The lowest BCUT2D eigenvalue weighted by atomic mass is 10.1. The van der Waals surface area contributed by atoms with E-state index in [-0.39, 0.29) is 30.0 Å². The van der Waals surface area contributed by atoms with Crippen LogP contribution in [0.2, 0.25) is 0 Å². The molecule has 2 heterocycles. The Kier molecular flexibility index (Phi) is 5.51. The number of sulfone groups is 1. The minimum absolute atomic E-state index is 0.0892. The Bertz CT molecular complexity index is 1110. The summed E-state index contributed by atoms with van der Waals surface area (Å²) in [7, 11) is -3.29. The highest BCUT2D eigenvalue weighted by Gasteiger charge is 2.54. The summed E-state index contributed by atoms with van der Waals surface area (Å²) < 4.78 is 24.7. The van der Waals surface area contributed by atoms with E-state index in [4.69, 9.17) is 0 Å². The lowest BCUT2D eigenvalue weighted by Gasteiger charge is -2.22. The first-order valence-electron chi connectivity index (χ1n) is 10.4. The summed E-state index contributed by atoms with van der Waals surface area (Å²) in [6.07, 6.45) is 0.874. The van der Waals surface area contributed by atoms with Gasteiger partial charge in [0.25, 0.3) is 0 Å². The van der Waals surface area contributed by atoms with Crippen LogP contribution in [0, 0.1) is 13.8 Å². The van der Waals surface area contributed by atoms with Gasteiger partial charge in [0.2, 0.25) is 5.91 Å². The van der Waals surface area contributed by atoms with Gasteiger partial charge >= 0.3 is 6.03 Å². The van der Waals surface area contributed by atoms with Crippen molar-refractivity contribution in [3.8, 4) is 0 Å². The number of aryl methyl sites for hydroxylation is 3. The number of amides is 3. The number of benzene rings is 2. The second-order valence-corrected chi connectivity index (χ2v) is 10.6. The van der Waals surface area contributed by atoms with E-state index in [2.05, 4.69) is 5.32 Å². The van der Waals surface area contributed by atoms with Gasteiger partial charge in [-0.25, -0.2) is 13.2 Å². The van der Waals surface area contributed by atoms with Gasteiger partial charge in [0, 0.05) is 11.4 Å². The van der Waals surface area contributed by atoms with Crippen LogP contribution in [-0.2, 0) is 21.1 Å². The highest BCUT2D eigenvalue weighted by molar-refractivity contribution is 7.91. The average Bonchev–Trinajstić information content (AvgIpc) is 3.11. The van der Waals surface area contributed by atoms with Gasteiger partial charge < -0.3 is 10.2 Å². The predicted octanol–water partition coefficient (Wildman–Crippen LogP) is 2.91. The van der Waals surface area contributed by atoms with E-state index in [1.165, 1.54) is 4.90 Å². The molecule has 0 aromatic heterocycles. The maximum Gasteiger partial charge on any atom is 0.325 e. The molecule has 0 radical (unpaired) electrons. The van der Waals surface area contributed by atoms with Crippen LogP contribution in [0.5, 0.6) is 0 Å². The predicted molar refractivity (Wildman–Crippen MR) is 121 cm³/mol. The molecule has 0 spiro atoms. The van der Waals surface area contributed by atoms with Gasteiger partial charge in [-0.3, -0.25) is 9.69 Å². The third kappa shape index (κ3) is 4.30. The van der Waals surface area contributed by atoms with Crippen LogP contribution in [0.1, 0.15) is 23.6 Å². The molecule has 2 atom stereocenters. The van der Waals surface area contributed by atoms with E-state index in [0.29, 0.717) is 11.4 Å². The number of fused-ring (bicyclic) bond motifs is 1. The first kappa shape index (κ1) is 21.4. The molecule has 0 aliphatic carbocycles. The lowest BCUT2D eigenvalue weighted by Crippen LogP contribution is -2.42. The summed E-state index contributed by atoms with van der Waals surface area (Å²) in [5.74, 6) is -0.553. The first-order chi connectivity index (χ1) is 14.7. The smallest absolute Gasteiger partial charge is 0.325 e. The van der Waals surface area contributed by atoms with Crippen LogP contribution in [0.3, 0.4) is 0 Å². The summed E-state index contributed by atoms with van der Waals surface area (Å²) in [5.41, 5.74) is 4.51. The third-order valence-corrected chi connectivity index (χ3v) is 7.62. The Morgan fingerprint density at radius 2 is 1.65 bits per heavy atom. The Hall–Kier alpha value is -2.87. The second kappa shape index (κ2) is 8.00. The topological polar surface area (TPSA) is 86.8 Å². The standard InChI is InChI=1S/C23H27N3O4S/c1-4-17-5-7-19(8-6-17)26-21-14-31(29,30)13-20(21)25(23(26)28)12-22(27)24-18-10-15(2)9-16(3)11-18/h5-11,20-21H,4,12-14H2,1-3H3,(H,24,27)/t20-,21-/m0/s1. The van der Waals surface area contributed by atoms with E-state index in [1.807, 2.05) is 63.2 Å². The number of urea groups is 1. The van der Waals surface area contributed by atoms with Crippen molar-refractivity contribution in [1.29, 1.82) is 0 Å². The van der Waals surface area contributed by atoms with E-state index in [1.54, 1.807) is 4.90 Å². The number of carbonyl (C=O) groups excluding carboxylic acids is 2. The lowest BCUT2D eigenvalue weighted by molar-refractivity contribution is -0.116. The van der Waals surface area contributed by atoms with Crippen molar-refractivity contribution in [3.63, 3.8) is 0 Å². The monoisotopic (exact) mass is 441 g/mol. The Balaban J connectivity index is 1.57. The molecule has 164 valence electrons. The number of nitrogens with one attached hydrogen (secondary N) is 1. The van der Waals surface area contributed by atoms with Crippen LogP contribution >= 0.6 is 0 Å². The molecule has 7 nitrogen and oxygen atoms in total.